The van der Waals surface area contributed by atoms with Gasteiger partial charge in [-0.15, -0.1) is 29.6 Å². The Bertz CT molecular complexity index is 5770. The van der Waals surface area contributed by atoms with Gasteiger partial charge in [-0.1, -0.05) is 41.8 Å². The maximum atomic E-state index is 14.3. The number of fused-ring (bicyclic) bond motifs is 5. The Morgan fingerprint density at radius 1 is 0.442 bits per heavy atom. The van der Waals surface area contributed by atoms with Crippen LogP contribution in [0.25, 0.3) is 55.6 Å². The first-order chi connectivity index (χ1) is 56.5. The van der Waals surface area contributed by atoms with Crippen molar-refractivity contribution in [2.24, 2.45) is 28.7 Å². The first-order valence-corrected chi connectivity index (χ1v) is 36.9. The van der Waals surface area contributed by atoms with E-state index >= 15 is 0 Å². The van der Waals surface area contributed by atoms with E-state index in [-0.39, 0.29) is 62.2 Å². The molecule has 120 heavy (non-hydrogen) atoms. The lowest BCUT2D eigenvalue weighted by Gasteiger charge is -2.28. The summed E-state index contributed by atoms with van der Waals surface area (Å²) in [6, 6.07) is 1.55. The number of nitrogen functional groups attached to an aromatic ring is 5. The van der Waals surface area contributed by atoms with Crippen LogP contribution in [-0.2, 0) is 23.7 Å². The number of rotatable bonds is 10. The van der Waals surface area contributed by atoms with Crippen molar-refractivity contribution in [2.75, 3.05) is 28.7 Å². The Morgan fingerprint density at radius 3 is 1.23 bits per heavy atom. The summed E-state index contributed by atoms with van der Waals surface area (Å²) in [5, 5.41) is 102. The lowest BCUT2D eigenvalue weighted by Crippen LogP contribution is -2.54. The number of anilines is 5. The number of hydrogen-bond acceptors (Lipinski definition) is 38. The highest BCUT2D eigenvalue weighted by Gasteiger charge is 2.61. The number of aromatic amines is 4. The predicted octanol–water partition coefficient (Wildman–Crippen LogP) is -6.27. The van der Waals surface area contributed by atoms with Gasteiger partial charge in [0, 0.05) is 12.4 Å². The number of nitrogens with two attached hydrogens (primary N) is 10. The van der Waals surface area contributed by atoms with Crippen molar-refractivity contribution < 1.29 is 79.1 Å². The Balaban J connectivity index is 0.000000147. The van der Waals surface area contributed by atoms with Crippen LogP contribution in [-0.4, -0.2) is 258 Å². The molecule has 15 heterocycles. The maximum Gasteiger partial charge on any atom is 0.280 e. The second kappa shape index (κ2) is 34.3. The molecule has 48 heteroatoms. The van der Waals surface area contributed by atoms with Gasteiger partial charge in [0.05, 0.1) is 61.1 Å². The molecule has 15 rings (SSSR count). The van der Waals surface area contributed by atoms with Gasteiger partial charge in [-0.2, -0.15) is 19.9 Å². The molecule has 640 valence electrons. The highest BCUT2D eigenvalue weighted by atomic mass is 32.1. The summed E-state index contributed by atoms with van der Waals surface area (Å²) < 4.78 is 50.4. The fourth-order valence-corrected chi connectivity index (χ4v) is 15.0. The van der Waals surface area contributed by atoms with Gasteiger partial charge < -0.3 is 142 Å². The summed E-state index contributed by atoms with van der Waals surface area (Å²) in [5.41, 5.74) is 52.5. The summed E-state index contributed by atoms with van der Waals surface area (Å²) >= 11 is 5.15. The monoisotopic (exact) mass is 1690 g/mol. The van der Waals surface area contributed by atoms with Crippen molar-refractivity contribution in [1.82, 2.24) is 87.6 Å². The van der Waals surface area contributed by atoms with Gasteiger partial charge in [0.1, 0.15) is 83.1 Å². The first kappa shape index (κ1) is 89.2. The van der Waals surface area contributed by atoms with E-state index in [2.05, 4.69) is 124 Å². The standard InChI is InChI=1S/C15H18FN5O4.C15H19N5O4.C14H18N6O4.C14H18N6O3S.C14H18N6O3/c1-3-4-15(18)10(23)9(6(2)22)25-13(15)21-5-7(16)8-11(21)19-14(17)20-12(8)24;1-3-5-15(17)10(22)9(7(2)21)24-13(15)20-6-4-8-11(20)18-14(16)19-12(8)23;1-3-4-14(16)9(22)8(6(2)21)24-12(14)20-5-17-7-10(20)18-13(15)19-11(7)23;1-3-4-14(16)9(22)8(6(2)21)23-12(14)20-5-17-7-10(20)18-13(15)19-11(7)24;1-3-4-14(16)10(22)9(7(2)21)23-12(14)20-6-18-8-5-17-13(15)19-11(8)20/h5-6,9-10,13,22-23H,18H2,1-2H3,(H3,17,19,20,24);4,6-7,9-10,13,21-22H,17H2,1-2H3,(H3,16,18,19,23);5-6,8-9,12,21-22H,16H2,1-2H3,(H3,15,18,19,23);5-6,8-9,12,21-22H,16H2,1-2H3,(H3,15,18,19,24);5-7,9-10,12,21-22H,16H2,1-2H3,(H2,15,17,19)/t6-,9+,10-,13+,15?;7-,9+,10-,13+,15?;2*6-,8+,9-,12+,14?;7-,9+,10-,12+,14?/m00000/s1. The number of H-pyrrole nitrogens is 4. The third kappa shape index (κ3) is 15.8. The van der Waals surface area contributed by atoms with E-state index in [0.29, 0.717) is 27.7 Å². The van der Waals surface area contributed by atoms with Crippen LogP contribution in [0.5, 0.6) is 0 Å². The number of nitrogens with zero attached hydrogens (tertiary/aromatic N) is 14. The summed E-state index contributed by atoms with van der Waals surface area (Å²) in [4.78, 5) is 82.1. The number of imidazole rings is 3. The van der Waals surface area contributed by atoms with Gasteiger partial charge in [-0.05, 0) is 75.3 Å². The van der Waals surface area contributed by atoms with Crippen LogP contribution in [0.2, 0.25) is 0 Å². The van der Waals surface area contributed by atoms with Gasteiger partial charge in [0.25, 0.3) is 16.7 Å². The molecule has 0 spiro atoms. The molecule has 5 unspecified atom stereocenters. The normalized spacial score (nSPS) is 31.0. The molecule has 10 aromatic rings. The molecule has 0 radical (unpaired) electrons. The first-order valence-electron chi connectivity index (χ1n) is 36.5. The third-order valence-electron chi connectivity index (χ3n) is 20.3. The van der Waals surface area contributed by atoms with E-state index in [0.717, 1.165) is 10.8 Å². The molecular formula is C72H91FN28O18S. The zero-order valence-corrected chi connectivity index (χ0v) is 66.5. The van der Waals surface area contributed by atoms with E-state index < -0.39 is 173 Å². The molecule has 5 aliphatic rings. The van der Waals surface area contributed by atoms with Crippen molar-refractivity contribution in [3.8, 4) is 59.2 Å². The van der Waals surface area contributed by atoms with E-state index in [1.807, 2.05) is 0 Å². The average Bonchev–Trinajstić information content (AvgIpc) is 1.61. The van der Waals surface area contributed by atoms with Crippen LogP contribution in [0.4, 0.5) is 34.1 Å². The van der Waals surface area contributed by atoms with Crippen molar-refractivity contribution in [1.29, 1.82) is 0 Å². The molecule has 5 aliphatic heterocycles. The van der Waals surface area contributed by atoms with Crippen LogP contribution in [0.3, 0.4) is 0 Å². The molecule has 0 aliphatic carbocycles. The SMILES string of the molecule is CC#CC1(N)[C@@H](O)[C@@H]([C@H](C)O)O[C@H]1n1cc(F)c2c(=O)[nH]c(N)nc21.CC#CC1(N)[C@@H](O)[C@@H]([C@H](C)O)O[C@H]1n1ccc2c(=O)[nH]c(N)nc21.CC#CC1(N)[C@@H](O)[C@@H]([C@H](C)O)O[C@H]1n1cnc2c(=O)[nH]c(N)nc21.CC#CC1(N)[C@@H](O)[C@@H]([C@H](C)O)O[C@H]1n1cnc2c(=S)nc(N)[nH]c21.CC#CC1(N)[C@@H](O)[C@@H]([C@H](C)O)O[C@H]1n1cnc2cnc(N)nc21. The number of nitrogens with one attached hydrogen (secondary N) is 4. The van der Waals surface area contributed by atoms with Crippen LogP contribution >= 0.6 is 12.2 Å². The fraction of sp³-hybridized carbons (Fsp3) is 0.486. The predicted molar refractivity (Wildman–Crippen MR) is 429 cm³/mol. The van der Waals surface area contributed by atoms with Crippen molar-refractivity contribution in [3.05, 3.63) is 85.2 Å². The van der Waals surface area contributed by atoms with Crippen LogP contribution < -0.4 is 74.0 Å². The second-order valence-electron chi connectivity index (χ2n) is 28.8. The summed E-state index contributed by atoms with van der Waals surface area (Å²) in [7, 11) is 0. The van der Waals surface area contributed by atoms with Crippen LogP contribution in [0.1, 0.15) is 100 Å². The number of aromatic nitrogens is 18. The fourth-order valence-electron chi connectivity index (χ4n) is 14.7. The minimum atomic E-state index is -1.66. The molecule has 25 atom stereocenters. The maximum absolute atomic E-state index is 14.3. The van der Waals surface area contributed by atoms with Crippen molar-refractivity contribution in [2.45, 2.75) is 220 Å². The minimum absolute atomic E-state index is 0.0506. The quantitative estimate of drug-likeness (QED) is 0.0447. The Labute approximate surface area is 682 Å². The van der Waals surface area contributed by atoms with E-state index in [9.17, 15) is 69.8 Å². The molecule has 10 aromatic heterocycles. The molecule has 5 fully saturated rings. The molecule has 5 saturated heterocycles. The smallest absolute Gasteiger partial charge is 0.280 e. The molecule has 0 aromatic carbocycles. The molecule has 0 amide bonds. The topological polar surface area (TPSA) is 764 Å². The molecule has 46 nitrogen and oxygen atoms in total. The molecule has 0 bridgehead atoms. The number of halogens is 1. The number of aliphatic hydroxyl groups excluding tert-OH is 10. The van der Waals surface area contributed by atoms with Gasteiger partial charge in [-0.3, -0.25) is 47.6 Å². The van der Waals surface area contributed by atoms with E-state index in [4.69, 9.17) is 93.2 Å². The summed E-state index contributed by atoms with van der Waals surface area (Å²) in [5.74, 6) is 26.1. The summed E-state index contributed by atoms with van der Waals surface area (Å²) in [6.07, 6.45) is -12.5. The zero-order chi connectivity index (χ0) is 88.2. The van der Waals surface area contributed by atoms with Gasteiger partial charge in [0.15, 0.2) is 103 Å². The average molecular weight is 1690 g/mol. The molecule has 0 saturated carbocycles. The second-order valence-corrected chi connectivity index (χ2v) is 29.2. The van der Waals surface area contributed by atoms with Crippen molar-refractivity contribution in [3.63, 3.8) is 0 Å². The Hall–Kier alpha value is -11.6. The third-order valence-corrected chi connectivity index (χ3v) is 20.6. The largest absolute Gasteiger partial charge is 0.391 e. The lowest BCUT2D eigenvalue weighted by atomic mass is 9.90. The molecule has 34 N–H and O–H groups in total. The van der Waals surface area contributed by atoms with Crippen molar-refractivity contribution >= 4 is 97.5 Å². The minimum Gasteiger partial charge on any atom is -0.391 e. The number of ether oxygens (including phenoxy) is 5. The van der Waals surface area contributed by atoms with Crippen LogP contribution in [0.15, 0.2) is 58.0 Å². The van der Waals surface area contributed by atoms with Crippen LogP contribution in [0, 0.1) is 69.7 Å². The lowest BCUT2D eigenvalue weighted by molar-refractivity contribution is -0.0757. The molecular weight excluding hydrogens is 1600 g/mol. The van der Waals surface area contributed by atoms with Gasteiger partial charge in [-0.25, -0.2) is 29.3 Å². The number of aliphatic hydroxyl groups is 10. The highest BCUT2D eigenvalue weighted by molar-refractivity contribution is 7.71. The summed E-state index contributed by atoms with van der Waals surface area (Å²) in [6.45, 7) is 15.3. The van der Waals surface area contributed by atoms with E-state index in [1.165, 1.54) is 75.9 Å². The van der Waals surface area contributed by atoms with Gasteiger partial charge >= 0.3 is 0 Å². The Morgan fingerprint density at radius 2 is 0.792 bits per heavy atom. The van der Waals surface area contributed by atoms with Gasteiger partial charge in [0.2, 0.25) is 23.8 Å². The zero-order valence-electron chi connectivity index (χ0n) is 65.6. The Kier molecular flexibility index (Phi) is 25.5. The van der Waals surface area contributed by atoms with E-state index in [1.54, 1.807) is 49.1 Å². The number of hydrogen-bond donors (Lipinski definition) is 24. The highest BCUT2D eigenvalue weighted by Crippen LogP contribution is 2.45.